The third kappa shape index (κ3) is 4.94. The van der Waals surface area contributed by atoms with Crippen LogP contribution in [0.3, 0.4) is 0 Å². The molecule has 3 rings (SSSR count). The molecule has 0 unspecified atom stereocenters. The summed E-state index contributed by atoms with van der Waals surface area (Å²) in [6, 6.07) is 12.1. The van der Waals surface area contributed by atoms with Gasteiger partial charge in [-0.05, 0) is 62.2 Å². The van der Waals surface area contributed by atoms with Gasteiger partial charge in [0.1, 0.15) is 5.75 Å². The summed E-state index contributed by atoms with van der Waals surface area (Å²) in [5.74, 6) is 0.159. The summed E-state index contributed by atoms with van der Waals surface area (Å²) in [5, 5.41) is 5.72. The fraction of sp³-hybridized carbons (Fsp3) is 0.286. The molecule has 0 saturated heterocycles. The van der Waals surface area contributed by atoms with Crippen LogP contribution in [0, 0.1) is 0 Å². The first-order chi connectivity index (χ1) is 13.0. The highest BCUT2D eigenvalue weighted by Gasteiger charge is 2.23. The predicted molar refractivity (Wildman–Crippen MR) is 102 cm³/mol. The number of methoxy groups -OCH3 is 1. The molecule has 1 saturated carbocycles. The van der Waals surface area contributed by atoms with Crippen LogP contribution in [0.2, 0.25) is 0 Å². The Kier molecular flexibility index (Phi) is 5.54. The van der Waals surface area contributed by atoms with Gasteiger partial charge in [0.25, 0.3) is 5.91 Å². The summed E-state index contributed by atoms with van der Waals surface area (Å²) < 4.78 is 5.27. The number of carbonyl (C=O) groups excluding carboxylic acids is 3. The number of ether oxygens (including phenoxy) is 1. The lowest BCUT2D eigenvalue weighted by Crippen LogP contribution is -2.25. The smallest absolute Gasteiger partial charge is 0.251 e. The Bertz CT molecular complexity index is 870. The SMILES string of the molecule is COc1ccc(C(C)=O)cc1CC(=O)Nc1ccc(C(=O)NC2CC2)cc1. The highest BCUT2D eigenvalue weighted by atomic mass is 16.5. The monoisotopic (exact) mass is 366 g/mol. The first-order valence-corrected chi connectivity index (χ1v) is 8.85. The Balaban J connectivity index is 1.64. The number of anilines is 1. The molecule has 2 N–H and O–H groups in total. The third-order valence-electron chi connectivity index (χ3n) is 4.38. The summed E-state index contributed by atoms with van der Waals surface area (Å²) in [6.07, 6.45) is 2.15. The van der Waals surface area contributed by atoms with E-state index in [1.54, 1.807) is 42.5 Å². The molecule has 2 aromatic rings. The van der Waals surface area contributed by atoms with Gasteiger partial charge < -0.3 is 15.4 Å². The second-order valence-electron chi connectivity index (χ2n) is 6.63. The lowest BCUT2D eigenvalue weighted by Gasteiger charge is -2.11. The van der Waals surface area contributed by atoms with E-state index in [0.717, 1.165) is 12.8 Å². The largest absolute Gasteiger partial charge is 0.496 e. The van der Waals surface area contributed by atoms with Crippen molar-refractivity contribution in [2.24, 2.45) is 0 Å². The van der Waals surface area contributed by atoms with Crippen LogP contribution >= 0.6 is 0 Å². The Morgan fingerprint density at radius 2 is 1.70 bits per heavy atom. The molecule has 0 atom stereocenters. The summed E-state index contributed by atoms with van der Waals surface area (Å²) >= 11 is 0. The van der Waals surface area contributed by atoms with Crippen LogP contribution in [0.1, 0.15) is 46.0 Å². The molecule has 1 aliphatic rings. The van der Waals surface area contributed by atoms with Gasteiger partial charge in [0.05, 0.1) is 13.5 Å². The highest BCUT2D eigenvalue weighted by molar-refractivity contribution is 5.97. The highest BCUT2D eigenvalue weighted by Crippen LogP contribution is 2.22. The molecule has 27 heavy (non-hydrogen) atoms. The van der Waals surface area contributed by atoms with Crippen molar-refractivity contribution in [2.45, 2.75) is 32.2 Å². The van der Waals surface area contributed by atoms with Gasteiger partial charge in [0, 0.05) is 28.4 Å². The number of rotatable bonds is 7. The second kappa shape index (κ2) is 8.03. The van der Waals surface area contributed by atoms with E-state index in [1.165, 1.54) is 14.0 Å². The molecule has 2 amide bonds. The Morgan fingerprint density at radius 1 is 1.04 bits per heavy atom. The molecule has 1 aliphatic carbocycles. The molecule has 6 heteroatoms. The van der Waals surface area contributed by atoms with Gasteiger partial charge in [-0.25, -0.2) is 0 Å². The number of nitrogens with one attached hydrogen (secondary N) is 2. The molecule has 0 radical (unpaired) electrons. The molecule has 2 aromatic carbocycles. The van der Waals surface area contributed by atoms with Crippen molar-refractivity contribution >= 4 is 23.3 Å². The Labute approximate surface area is 157 Å². The zero-order chi connectivity index (χ0) is 19.4. The van der Waals surface area contributed by atoms with E-state index in [0.29, 0.717) is 34.2 Å². The minimum atomic E-state index is -0.232. The number of amides is 2. The van der Waals surface area contributed by atoms with Crippen molar-refractivity contribution in [3.8, 4) is 5.75 Å². The minimum Gasteiger partial charge on any atom is -0.496 e. The van der Waals surface area contributed by atoms with Crippen LogP contribution < -0.4 is 15.4 Å². The van der Waals surface area contributed by atoms with Crippen LogP contribution in [0.25, 0.3) is 0 Å². The zero-order valence-corrected chi connectivity index (χ0v) is 15.4. The molecule has 1 fully saturated rings. The van der Waals surface area contributed by atoms with Crippen LogP contribution in [0.4, 0.5) is 5.69 Å². The summed E-state index contributed by atoms with van der Waals surface area (Å²) in [5.41, 5.74) is 2.34. The molecule has 0 spiro atoms. The van der Waals surface area contributed by atoms with E-state index >= 15 is 0 Å². The standard InChI is InChI=1S/C21H22N2O4/c1-13(24)15-5-10-19(27-2)16(11-15)12-20(25)22-17-6-3-14(4-7-17)21(26)23-18-8-9-18/h3-7,10-11,18H,8-9,12H2,1-2H3,(H,22,25)(H,23,26). The van der Waals surface area contributed by atoms with E-state index in [2.05, 4.69) is 10.6 Å². The zero-order valence-electron chi connectivity index (χ0n) is 15.4. The summed E-state index contributed by atoms with van der Waals surface area (Å²) in [7, 11) is 1.52. The second-order valence-corrected chi connectivity index (χ2v) is 6.63. The Morgan fingerprint density at radius 3 is 2.30 bits per heavy atom. The molecular formula is C21H22N2O4. The average Bonchev–Trinajstić information content (AvgIpc) is 3.46. The van der Waals surface area contributed by atoms with Crippen molar-refractivity contribution in [3.05, 3.63) is 59.2 Å². The van der Waals surface area contributed by atoms with Gasteiger partial charge >= 0.3 is 0 Å². The van der Waals surface area contributed by atoms with Crippen LogP contribution in [0.15, 0.2) is 42.5 Å². The van der Waals surface area contributed by atoms with Crippen molar-refractivity contribution in [1.82, 2.24) is 5.32 Å². The van der Waals surface area contributed by atoms with E-state index in [-0.39, 0.29) is 24.0 Å². The molecule has 0 aliphatic heterocycles. The molecule has 140 valence electrons. The van der Waals surface area contributed by atoms with Crippen LogP contribution in [-0.4, -0.2) is 30.7 Å². The van der Waals surface area contributed by atoms with Crippen molar-refractivity contribution in [1.29, 1.82) is 0 Å². The normalized spacial score (nSPS) is 13.0. The lowest BCUT2D eigenvalue weighted by molar-refractivity contribution is -0.115. The average molecular weight is 366 g/mol. The van der Waals surface area contributed by atoms with Gasteiger partial charge in [-0.15, -0.1) is 0 Å². The van der Waals surface area contributed by atoms with Gasteiger partial charge in [-0.3, -0.25) is 14.4 Å². The van der Waals surface area contributed by atoms with Gasteiger partial charge in [0.2, 0.25) is 5.91 Å². The minimum absolute atomic E-state index is 0.0700. The molecule has 0 bridgehead atoms. The van der Waals surface area contributed by atoms with Crippen molar-refractivity contribution in [2.75, 3.05) is 12.4 Å². The first-order valence-electron chi connectivity index (χ1n) is 8.85. The lowest BCUT2D eigenvalue weighted by atomic mass is 10.0. The topological polar surface area (TPSA) is 84.5 Å². The van der Waals surface area contributed by atoms with Crippen LogP contribution in [-0.2, 0) is 11.2 Å². The van der Waals surface area contributed by atoms with E-state index in [9.17, 15) is 14.4 Å². The van der Waals surface area contributed by atoms with Crippen molar-refractivity contribution < 1.29 is 19.1 Å². The number of benzene rings is 2. The molecule has 0 aromatic heterocycles. The number of hydrogen-bond acceptors (Lipinski definition) is 4. The first kappa shape index (κ1) is 18.6. The van der Waals surface area contributed by atoms with Crippen molar-refractivity contribution in [3.63, 3.8) is 0 Å². The third-order valence-corrected chi connectivity index (χ3v) is 4.38. The van der Waals surface area contributed by atoms with Gasteiger partial charge in [0.15, 0.2) is 5.78 Å². The maximum Gasteiger partial charge on any atom is 0.251 e. The maximum atomic E-state index is 12.4. The van der Waals surface area contributed by atoms with E-state index in [4.69, 9.17) is 4.74 Å². The van der Waals surface area contributed by atoms with E-state index < -0.39 is 0 Å². The summed E-state index contributed by atoms with van der Waals surface area (Å²) in [6.45, 7) is 1.48. The van der Waals surface area contributed by atoms with Gasteiger partial charge in [-0.2, -0.15) is 0 Å². The number of hydrogen-bond donors (Lipinski definition) is 2. The molecule has 6 nitrogen and oxygen atoms in total. The molecule has 0 heterocycles. The van der Waals surface area contributed by atoms with Crippen LogP contribution in [0.5, 0.6) is 5.75 Å². The maximum absolute atomic E-state index is 12.4. The van der Waals surface area contributed by atoms with E-state index in [1.807, 2.05) is 0 Å². The quantitative estimate of drug-likeness (QED) is 0.738. The predicted octanol–water partition coefficient (Wildman–Crippen LogP) is 2.97. The summed E-state index contributed by atoms with van der Waals surface area (Å²) in [4.78, 5) is 35.9. The number of carbonyl (C=O) groups is 3. The Hall–Kier alpha value is -3.15. The fourth-order valence-electron chi connectivity index (χ4n) is 2.72. The number of ketones is 1. The fourth-order valence-corrected chi connectivity index (χ4v) is 2.72. The molecular weight excluding hydrogens is 344 g/mol. The van der Waals surface area contributed by atoms with Gasteiger partial charge in [-0.1, -0.05) is 0 Å². The number of Topliss-reactive ketones (excluding diaryl/α,β-unsaturated/α-hetero) is 1.